The van der Waals surface area contributed by atoms with Gasteiger partial charge in [0.1, 0.15) is 4.75 Å². The summed E-state index contributed by atoms with van der Waals surface area (Å²) < 4.78 is 123. The number of alkyl halides is 7. The Bertz CT molecular complexity index is 1250. The minimum Gasteiger partial charge on any atom is -0.223 e. The quantitative estimate of drug-likeness (QED) is 0.282. The normalized spacial score (nSPS) is 23.4. The number of piperidine rings is 1. The molecule has 2 atom stereocenters. The van der Waals surface area contributed by atoms with Crippen molar-refractivity contribution in [1.82, 2.24) is 4.42 Å². The predicted molar refractivity (Wildman–Crippen MR) is 125 cm³/mol. The van der Waals surface area contributed by atoms with E-state index in [-0.39, 0.29) is 35.3 Å². The van der Waals surface area contributed by atoms with Crippen molar-refractivity contribution in [2.45, 2.75) is 79.2 Å². The maximum absolute atomic E-state index is 14.8. The molecule has 0 N–H and O–H groups in total. The van der Waals surface area contributed by atoms with Crippen LogP contribution in [0, 0.1) is 0 Å². The Hall–Kier alpha value is -1.85. The highest BCUT2D eigenvalue weighted by molar-refractivity contribution is 7.92. The highest BCUT2D eigenvalue weighted by atomic mass is 35.5. The van der Waals surface area contributed by atoms with Gasteiger partial charge in [-0.1, -0.05) is 43.7 Å². The molecule has 1 fully saturated rings. The van der Waals surface area contributed by atoms with Crippen molar-refractivity contribution in [2.75, 3.05) is 6.54 Å². The lowest BCUT2D eigenvalue weighted by molar-refractivity contribution is -0.348. The van der Waals surface area contributed by atoms with E-state index in [1.54, 1.807) is 12.1 Å². The van der Waals surface area contributed by atoms with E-state index in [1.807, 2.05) is 6.92 Å². The van der Waals surface area contributed by atoms with Gasteiger partial charge in [0.05, 0.1) is 4.90 Å². The average molecular weight is 572 g/mol. The van der Waals surface area contributed by atoms with E-state index >= 15 is 0 Å². The molecule has 12 heteroatoms. The fourth-order valence-electron chi connectivity index (χ4n) is 5.73. The van der Waals surface area contributed by atoms with Gasteiger partial charge in [0.15, 0.2) is 9.84 Å². The van der Waals surface area contributed by atoms with Gasteiger partial charge in [0.25, 0.3) is 0 Å². The molecule has 1 aliphatic carbocycles. The van der Waals surface area contributed by atoms with Gasteiger partial charge < -0.3 is 0 Å². The molecule has 0 aromatic heterocycles. The first-order valence-electron chi connectivity index (χ1n) is 11.8. The van der Waals surface area contributed by atoms with E-state index in [1.165, 1.54) is 16.6 Å². The summed E-state index contributed by atoms with van der Waals surface area (Å²) in [6, 6.07) is 7.33. The third-order valence-electron chi connectivity index (χ3n) is 7.48. The minimum absolute atomic E-state index is 0.0216. The Balaban J connectivity index is 1.92. The molecule has 1 aliphatic heterocycles. The van der Waals surface area contributed by atoms with Crippen LogP contribution < -0.4 is 0 Å². The van der Waals surface area contributed by atoms with Gasteiger partial charge in [-0.05, 0) is 72.7 Å². The first-order chi connectivity index (χ1) is 17.1. The van der Waals surface area contributed by atoms with Crippen LogP contribution in [0.2, 0.25) is 0 Å². The van der Waals surface area contributed by atoms with Crippen LogP contribution in [0.15, 0.2) is 47.4 Å². The van der Waals surface area contributed by atoms with E-state index in [2.05, 4.69) is 0 Å². The maximum atomic E-state index is 14.8. The molecule has 204 valence electrons. The number of benzene rings is 2. The second-order valence-electron chi connectivity index (χ2n) is 9.59. The maximum Gasteiger partial charge on any atom is 0.435 e. The van der Waals surface area contributed by atoms with Crippen molar-refractivity contribution < 1.29 is 39.2 Å². The van der Waals surface area contributed by atoms with E-state index < -0.39 is 44.2 Å². The van der Waals surface area contributed by atoms with Crippen molar-refractivity contribution >= 4 is 21.6 Å². The summed E-state index contributed by atoms with van der Waals surface area (Å²) in [5, 5.41) is 0. The molecule has 0 bridgehead atoms. The summed E-state index contributed by atoms with van der Waals surface area (Å²) in [7, 11) is -4.23. The zero-order chi connectivity index (χ0) is 27.4. The van der Waals surface area contributed by atoms with Crippen molar-refractivity contribution in [2.24, 2.45) is 0 Å². The number of halogens is 8. The minimum atomic E-state index is -6.27. The third-order valence-corrected chi connectivity index (χ3v) is 10.4. The Morgan fingerprint density at radius 3 is 2.19 bits per heavy atom. The fraction of sp³-hybridized carbons (Fsp3) is 0.520. The zero-order valence-electron chi connectivity index (χ0n) is 19.8. The molecule has 2 aliphatic rings. The molecular formula is C25H25ClF7NO2S. The number of hydrogen-bond acceptors (Lipinski definition) is 3. The predicted octanol–water partition coefficient (Wildman–Crippen LogP) is 7.16. The summed E-state index contributed by atoms with van der Waals surface area (Å²) in [4.78, 5) is -0.0216. The van der Waals surface area contributed by atoms with Crippen molar-refractivity contribution in [1.29, 1.82) is 0 Å². The molecule has 1 heterocycles. The van der Waals surface area contributed by atoms with Crippen LogP contribution in [0.3, 0.4) is 0 Å². The molecule has 3 nitrogen and oxygen atoms in total. The largest absolute Gasteiger partial charge is 0.435 e. The number of aryl methyl sites for hydroxylation is 2. The lowest BCUT2D eigenvalue weighted by Gasteiger charge is -2.50. The van der Waals surface area contributed by atoms with Crippen LogP contribution in [-0.2, 0) is 33.1 Å². The smallest absolute Gasteiger partial charge is 0.223 e. The van der Waals surface area contributed by atoms with Crippen LogP contribution in [0.25, 0.3) is 0 Å². The molecule has 0 amide bonds. The lowest BCUT2D eigenvalue weighted by atomic mass is 9.73. The lowest BCUT2D eigenvalue weighted by Crippen LogP contribution is -2.58. The van der Waals surface area contributed by atoms with Crippen LogP contribution in [-0.4, -0.2) is 37.8 Å². The first kappa shape index (κ1) is 28.2. The summed E-state index contributed by atoms with van der Waals surface area (Å²) in [5.41, 5.74) is -6.31. The second-order valence-corrected chi connectivity index (χ2v) is 12.2. The SMILES string of the molecule is CCCc1ccc(S(=O)(=O)C23CCCN(Cl)C2CCc2cc(C(F)(C(F)(F)F)C(F)(F)F)ccc23)cc1. The van der Waals surface area contributed by atoms with Gasteiger partial charge in [-0.3, -0.25) is 0 Å². The molecule has 2 unspecified atom stereocenters. The van der Waals surface area contributed by atoms with Crippen LogP contribution >= 0.6 is 11.8 Å². The third kappa shape index (κ3) is 4.25. The average Bonchev–Trinajstić information content (AvgIpc) is 2.82. The van der Waals surface area contributed by atoms with Gasteiger partial charge in [-0.15, -0.1) is 0 Å². The Kier molecular flexibility index (Phi) is 7.16. The summed E-state index contributed by atoms with van der Waals surface area (Å²) in [6.45, 7) is 2.34. The second kappa shape index (κ2) is 9.41. The van der Waals surface area contributed by atoms with Gasteiger partial charge in [0.2, 0.25) is 0 Å². The summed E-state index contributed by atoms with van der Waals surface area (Å²) in [6.07, 6.45) is -10.6. The van der Waals surface area contributed by atoms with E-state index in [0.717, 1.165) is 24.5 Å². The van der Waals surface area contributed by atoms with Gasteiger partial charge >= 0.3 is 18.0 Å². The summed E-state index contributed by atoms with van der Waals surface area (Å²) in [5.74, 6) is 0. The van der Waals surface area contributed by atoms with Gasteiger partial charge in [-0.25, -0.2) is 17.2 Å². The number of fused-ring (bicyclic) bond motifs is 3. The fourth-order valence-corrected chi connectivity index (χ4v) is 8.59. The van der Waals surface area contributed by atoms with Crippen molar-refractivity contribution in [3.63, 3.8) is 0 Å². The monoisotopic (exact) mass is 571 g/mol. The molecule has 0 radical (unpaired) electrons. The highest BCUT2D eigenvalue weighted by Crippen LogP contribution is 2.56. The number of sulfone groups is 1. The molecule has 37 heavy (non-hydrogen) atoms. The topological polar surface area (TPSA) is 37.4 Å². The highest BCUT2D eigenvalue weighted by Gasteiger charge is 2.73. The molecular weight excluding hydrogens is 547 g/mol. The van der Waals surface area contributed by atoms with Crippen LogP contribution in [0.4, 0.5) is 30.7 Å². The van der Waals surface area contributed by atoms with E-state index in [4.69, 9.17) is 11.8 Å². The van der Waals surface area contributed by atoms with E-state index in [9.17, 15) is 39.2 Å². The number of nitrogens with zero attached hydrogens (tertiary/aromatic N) is 1. The van der Waals surface area contributed by atoms with E-state index in [0.29, 0.717) is 25.1 Å². The van der Waals surface area contributed by atoms with Crippen LogP contribution in [0.5, 0.6) is 0 Å². The first-order valence-corrected chi connectivity index (χ1v) is 13.7. The summed E-state index contributed by atoms with van der Waals surface area (Å²) >= 11 is 6.44. The van der Waals surface area contributed by atoms with Crippen molar-refractivity contribution in [3.05, 3.63) is 64.7 Å². The molecule has 1 saturated heterocycles. The van der Waals surface area contributed by atoms with Crippen LogP contribution in [0.1, 0.15) is 54.9 Å². The molecule has 0 spiro atoms. The van der Waals surface area contributed by atoms with Gasteiger partial charge in [0, 0.05) is 18.2 Å². The molecule has 2 aromatic carbocycles. The Labute approximate surface area is 215 Å². The molecule has 0 saturated carbocycles. The number of rotatable bonds is 5. The Morgan fingerprint density at radius 2 is 1.62 bits per heavy atom. The molecule has 4 rings (SSSR count). The number of hydrogen-bond donors (Lipinski definition) is 0. The molecule has 2 aromatic rings. The van der Waals surface area contributed by atoms with Gasteiger partial charge in [-0.2, -0.15) is 26.3 Å². The zero-order valence-corrected chi connectivity index (χ0v) is 21.3. The standard InChI is InChI=1S/C25H25ClF7NO2S/c1-2-4-16-5-9-19(10-6-16)37(35,36)22-13-3-14-34(26)21(22)12-7-17-15-18(8-11-20(17)22)23(27,24(28,29)30)25(31,32)33/h5-6,8-11,15,21H,2-4,7,12-14H2,1H3. The van der Waals surface area contributed by atoms with Crippen molar-refractivity contribution in [3.8, 4) is 0 Å². The Morgan fingerprint density at radius 1 is 1.00 bits per heavy atom.